The van der Waals surface area contributed by atoms with Crippen LogP contribution in [0.15, 0.2) is 47.1 Å². The maximum Gasteiger partial charge on any atom is 0.363 e. The van der Waals surface area contributed by atoms with E-state index in [-0.39, 0.29) is 18.4 Å². The average molecular weight is 342 g/mol. The fraction of sp³-hybridized carbons (Fsp3) is 0.111. The number of halogens is 1. The van der Waals surface area contributed by atoms with E-state index in [2.05, 4.69) is 4.99 Å². The number of ether oxygens (including phenoxy) is 3. The van der Waals surface area contributed by atoms with Crippen LogP contribution in [-0.4, -0.2) is 18.7 Å². The van der Waals surface area contributed by atoms with E-state index in [0.717, 1.165) is 11.1 Å². The Hall–Kier alpha value is -2.79. The molecule has 0 saturated heterocycles. The predicted octanol–water partition coefficient (Wildman–Crippen LogP) is 3.72. The summed E-state index contributed by atoms with van der Waals surface area (Å²) in [6.45, 7) is 2.12. The Morgan fingerprint density at radius 3 is 2.75 bits per heavy atom. The summed E-state index contributed by atoms with van der Waals surface area (Å²) in [6, 6.07) is 11.0. The van der Waals surface area contributed by atoms with E-state index in [0.29, 0.717) is 22.1 Å². The molecule has 0 spiro atoms. The van der Waals surface area contributed by atoms with Crippen LogP contribution in [0.4, 0.5) is 0 Å². The normalized spacial score (nSPS) is 17.2. The zero-order valence-electron chi connectivity index (χ0n) is 12.7. The van der Waals surface area contributed by atoms with E-state index in [1.165, 1.54) is 0 Å². The largest absolute Gasteiger partial charge is 0.454 e. The molecular weight excluding hydrogens is 330 g/mol. The Balaban J connectivity index is 1.71. The van der Waals surface area contributed by atoms with Gasteiger partial charge in [0, 0.05) is 11.6 Å². The zero-order valence-corrected chi connectivity index (χ0v) is 13.5. The molecule has 0 bridgehead atoms. The molecule has 0 radical (unpaired) electrons. The van der Waals surface area contributed by atoms with Crippen molar-refractivity contribution in [2.75, 3.05) is 6.79 Å². The van der Waals surface area contributed by atoms with Crippen molar-refractivity contribution in [3.05, 3.63) is 63.8 Å². The fourth-order valence-electron chi connectivity index (χ4n) is 2.50. The van der Waals surface area contributed by atoms with Crippen molar-refractivity contribution in [1.29, 1.82) is 0 Å². The Kier molecular flexibility index (Phi) is 3.50. The summed E-state index contributed by atoms with van der Waals surface area (Å²) < 4.78 is 15.9. The Bertz CT molecular complexity index is 917. The number of nitrogens with zero attached hydrogens (tertiary/aromatic N) is 1. The topological polar surface area (TPSA) is 57.1 Å². The standard InChI is InChI=1S/C18H12ClNO4/c1-10-3-2-4-11(5-10)17-20-14(18(21)24-17)6-12-7-15-16(8-13(12)19)23-9-22-15/h2-8H,9H2,1H3. The number of hydrogen-bond donors (Lipinski definition) is 0. The van der Waals surface area contributed by atoms with Crippen molar-refractivity contribution in [2.45, 2.75) is 6.92 Å². The Morgan fingerprint density at radius 1 is 1.17 bits per heavy atom. The molecule has 0 aromatic heterocycles. The molecule has 0 N–H and O–H groups in total. The van der Waals surface area contributed by atoms with Gasteiger partial charge in [-0.3, -0.25) is 0 Å². The number of aryl methyl sites for hydroxylation is 1. The molecule has 0 fully saturated rings. The third-order valence-electron chi connectivity index (χ3n) is 3.67. The summed E-state index contributed by atoms with van der Waals surface area (Å²) in [5, 5.41) is 0.443. The molecule has 2 heterocycles. The summed E-state index contributed by atoms with van der Waals surface area (Å²) >= 11 is 6.23. The lowest BCUT2D eigenvalue weighted by molar-refractivity contribution is -0.129. The number of fused-ring (bicyclic) bond motifs is 1. The lowest BCUT2D eigenvalue weighted by Gasteiger charge is -2.01. The van der Waals surface area contributed by atoms with Gasteiger partial charge in [-0.15, -0.1) is 0 Å². The molecule has 2 aromatic rings. The minimum absolute atomic E-state index is 0.156. The monoisotopic (exact) mass is 341 g/mol. The van der Waals surface area contributed by atoms with Crippen molar-refractivity contribution in [3.63, 3.8) is 0 Å². The average Bonchev–Trinajstić information content (AvgIpc) is 3.14. The second-order valence-corrected chi connectivity index (χ2v) is 5.84. The highest BCUT2D eigenvalue weighted by atomic mass is 35.5. The molecule has 0 saturated carbocycles. The maximum absolute atomic E-state index is 12.1. The Labute approximate surface area is 143 Å². The van der Waals surface area contributed by atoms with E-state index < -0.39 is 5.97 Å². The summed E-state index contributed by atoms with van der Waals surface area (Å²) in [7, 11) is 0. The predicted molar refractivity (Wildman–Crippen MR) is 89.4 cm³/mol. The van der Waals surface area contributed by atoms with Crippen molar-refractivity contribution >= 4 is 29.5 Å². The quantitative estimate of drug-likeness (QED) is 0.617. The van der Waals surface area contributed by atoms with Crippen LogP contribution in [-0.2, 0) is 9.53 Å². The van der Waals surface area contributed by atoms with Gasteiger partial charge in [-0.25, -0.2) is 9.79 Å². The van der Waals surface area contributed by atoms with Crippen molar-refractivity contribution in [1.82, 2.24) is 0 Å². The van der Waals surface area contributed by atoms with Gasteiger partial charge >= 0.3 is 5.97 Å². The summed E-state index contributed by atoms with van der Waals surface area (Å²) in [6.07, 6.45) is 1.58. The maximum atomic E-state index is 12.1. The molecule has 0 atom stereocenters. The molecule has 4 rings (SSSR count). The van der Waals surface area contributed by atoms with E-state index in [1.54, 1.807) is 18.2 Å². The summed E-state index contributed by atoms with van der Waals surface area (Å²) in [5.41, 5.74) is 2.61. The molecule has 5 nitrogen and oxygen atoms in total. The van der Waals surface area contributed by atoms with Crippen LogP contribution in [0.5, 0.6) is 11.5 Å². The van der Waals surface area contributed by atoms with Gasteiger partial charge in [-0.1, -0.05) is 29.3 Å². The summed E-state index contributed by atoms with van der Waals surface area (Å²) in [5.74, 6) is 0.938. The molecule has 6 heteroatoms. The van der Waals surface area contributed by atoms with Gasteiger partial charge in [0.2, 0.25) is 12.7 Å². The summed E-state index contributed by atoms with van der Waals surface area (Å²) in [4.78, 5) is 16.4. The van der Waals surface area contributed by atoms with Crippen LogP contribution in [0, 0.1) is 6.92 Å². The van der Waals surface area contributed by atoms with Gasteiger partial charge in [0.05, 0.1) is 5.02 Å². The van der Waals surface area contributed by atoms with Crippen LogP contribution in [0.3, 0.4) is 0 Å². The molecule has 2 aromatic carbocycles. The van der Waals surface area contributed by atoms with Gasteiger partial charge < -0.3 is 14.2 Å². The van der Waals surface area contributed by atoms with Crippen LogP contribution in [0.1, 0.15) is 16.7 Å². The minimum atomic E-state index is -0.514. The first kappa shape index (κ1) is 14.8. The van der Waals surface area contributed by atoms with Gasteiger partial charge in [0.25, 0.3) is 0 Å². The second kappa shape index (κ2) is 5.69. The third-order valence-corrected chi connectivity index (χ3v) is 4.00. The molecule has 2 aliphatic heterocycles. The first-order valence-electron chi connectivity index (χ1n) is 7.29. The SMILES string of the molecule is Cc1cccc(C2=NC(=Cc3cc4c(cc3Cl)OCO4)C(=O)O2)c1. The van der Waals surface area contributed by atoms with Crippen LogP contribution >= 0.6 is 11.6 Å². The number of benzene rings is 2. The highest BCUT2D eigenvalue weighted by Gasteiger charge is 2.25. The van der Waals surface area contributed by atoms with Gasteiger partial charge in [-0.05, 0) is 36.8 Å². The highest BCUT2D eigenvalue weighted by molar-refractivity contribution is 6.32. The number of cyclic esters (lactones) is 1. The molecule has 2 aliphatic rings. The number of carbonyl (C=O) groups excluding carboxylic acids is 1. The lowest BCUT2D eigenvalue weighted by Crippen LogP contribution is -2.05. The first-order valence-corrected chi connectivity index (χ1v) is 7.67. The van der Waals surface area contributed by atoms with Gasteiger partial charge in [-0.2, -0.15) is 0 Å². The van der Waals surface area contributed by atoms with Crippen molar-refractivity contribution < 1.29 is 19.0 Å². The third kappa shape index (κ3) is 2.63. The van der Waals surface area contributed by atoms with E-state index >= 15 is 0 Å². The van der Waals surface area contributed by atoms with Crippen LogP contribution in [0.25, 0.3) is 6.08 Å². The number of rotatable bonds is 2. The highest BCUT2D eigenvalue weighted by Crippen LogP contribution is 2.37. The van der Waals surface area contributed by atoms with Crippen LogP contribution in [0.2, 0.25) is 5.02 Å². The first-order chi connectivity index (χ1) is 11.6. The number of aliphatic imine (C=N–C) groups is 1. The van der Waals surface area contributed by atoms with Crippen LogP contribution < -0.4 is 9.47 Å². The van der Waals surface area contributed by atoms with E-state index in [9.17, 15) is 4.79 Å². The molecule has 0 amide bonds. The number of esters is 1. The van der Waals surface area contributed by atoms with Gasteiger partial charge in [0.1, 0.15) is 0 Å². The van der Waals surface area contributed by atoms with E-state index in [4.69, 9.17) is 25.8 Å². The molecule has 0 aliphatic carbocycles. The number of carbonyl (C=O) groups is 1. The lowest BCUT2D eigenvalue weighted by atomic mass is 10.1. The molecular formula is C18H12ClNO4. The molecule has 0 unspecified atom stereocenters. The number of hydrogen-bond acceptors (Lipinski definition) is 5. The van der Waals surface area contributed by atoms with Crippen molar-refractivity contribution in [2.24, 2.45) is 4.99 Å². The van der Waals surface area contributed by atoms with Gasteiger partial charge in [0.15, 0.2) is 17.2 Å². The van der Waals surface area contributed by atoms with Crippen molar-refractivity contribution in [3.8, 4) is 11.5 Å². The second-order valence-electron chi connectivity index (χ2n) is 5.43. The minimum Gasteiger partial charge on any atom is -0.454 e. The fourth-order valence-corrected chi connectivity index (χ4v) is 2.71. The molecule has 24 heavy (non-hydrogen) atoms. The van der Waals surface area contributed by atoms with E-state index in [1.807, 2.05) is 31.2 Å². The zero-order chi connectivity index (χ0) is 16.7. The smallest absolute Gasteiger partial charge is 0.363 e. The molecule has 120 valence electrons. The Morgan fingerprint density at radius 2 is 1.96 bits per heavy atom.